The zero-order valence-electron chi connectivity index (χ0n) is 11.4. The molecule has 106 valence electrons. The summed E-state index contributed by atoms with van der Waals surface area (Å²) in [4.78, 5) is 15.4. The zero-order chi connectivity index (χ0) is 14.3. The highest BCUT2D eigenvalue weighted by atomic mass is 79.9. The summed E-state index contributed by atoms with van der Waals surface area (Å²) in [6, 6.07) is 6.36. The maximum Gasteiger partial charge on any atom is 0.266 e. The van der Waals surface area contributed by atoms with Gasteiger partial charge in [0.15, 0.2) is 0 Å². The number of nitrogen functional groups attached to an aromatic ring is 1. The number of thiophene rings is 1. The average Bonchev–Trinajstić information content (AvgIpc) is 3.03. The van der Waals surface area contributed by atoms with Gasteiger partial charge in [0.25, 0.3) is 5.91 Å². The maximum atomic E-state index is 12.7. The molecule has 1 amide bonds. The van der Waals surface area contributed by atoms with E-state index in [1.165, 1.54) is 11.3 Å². The lowest BCUT2D eigenvalue weighted by atomic mass is 10.1. The zero-order valence-corrected chi connectivity index (χ0v) is 13.8. The quantitative estimate of drug-likeness (QED) is 0.877. The van der Waals surface area contributed by atoms with Crippen LogP contribution in [-0.4, -0.2) is 23.4 Å². The number of carbonyl (C=O) groups is 1. The molecule has 2 aromatic rings. The molecule has 5 heteroatoms. The van der Waals surface area contributed by atoms with Gasteiger partial charge in [0.1, 0.15) is 4.88 Å². The van der Waals surface area contributed by atoms with Gasteiger partial charge in [0.05, 0.1) is 5.69 Å². The number of nitrogens with zero attached hydrogens (tertiary/aromatic N) is 1. The number of halogens is 1. The van der Waals surface area contributed by atoms with E-state index < -0.39 is 0 Å². The second-order valence-electron chi connectivity index (χ2n) is 5.19. The standard InChI is InChI=1S/C15H17BrN2OS/c1-2-10-4-3-7-18(10)15(19)14-13(17)11-8-9(16)5-6-12(11)20-14/h5-6,8,10H,2-4,7,17H2,1H3. The fraction of sp³-hybridized carbons (Fsp3) is 0.400. The van der Waals surface area contributed by atoms with E-state index >= 15 is 0 Å². The molecule has 1 aliphatic heterocycles. The number of fused-ring (bicyclic) bond motifs is 1. The second-order valence-corrected chi connectivity index (χ2v) is 7.16. The third-order valence-corrected chi connectivity index (χ3v) is 5.66. The minimum absolute atomic E-state index is 0.101. The molecule has 3 rings (SSSR count). The van der Waals surface area contributed by atoms with Crippen LogP contribution in [0.1, 0.15) is 35.9 Å². The van der Waals surface area contributed by atoms with Crippen LogP contribution in [-0.2, 0) is 0 Å². The Hall–Kier alpha value is -1.07. The molecule has 0 spiro atoms. The van der Waals surface area contributed by atoms with Crippen LogP contribution in [0.25, 0.3) is 10.1 Å². The third-order valence-electron chi connectivity index (χ3n) is 3.99. The number of nitrogens with two attached hydrogens (primary N) is 1. The van der Waals surface area contributed by atoms with Crippen molar-refractivity contribution in [3.05, 3.63) is 27.5 Å². The molecular weight excluding hydrogens is 336 g/mol. The van der Waals surface area contributed by atoms with Crippen molar-refractivity contribution in [2.75, 3.05) is 12.3 Å². The summed E-state index contributed by atoms with van der Waals surface area (Å²) in [7, 11) is 0. The summed E-state index contributed by atoms with van der Waals surface area (Å²) in [5.74, 6) is 0.101. The Morgan fingerprint density at radius 3 is 3.10 bits per heavy atom. The van der Waals surface area contributed by atoms with Gasteiger partial charge in [-0.2, -0.15) is 0 Å². The van der Waals surface area contributed by atoms with Crippen LogP contribution in [0.3, 0.4) is 0 Å². The minimum Gasteiger partial charge on any atom is -0.397 e. The maximum absolute atomic E-state index is 12.7. The molecule has 1 aromatic carbocycles. The molecule has 1 aliphatic rings. The molecule has 0 aliphatic carbocycles. The third kappa shape index (κ3) is 2.23. The molecule has 0 saturated carbocycles. The number of hydrogen-bond acceptors (Lipinski definition) is 3. The summed E-state index contributed by atoms with van der Waals surface area (Å²) in [5, 5.41) is 0.972. The van der Waals surface area contributed by atoms with E-state index in [0.717, 1.165) is 40.4 Å². The van der Waals surface area contributed by atoms with Gasteiger partial charge >= 0.3 is 0 Å². The van der Waals surface area contributed by atoms with E-state index in [2.05, 4.69) is 22.9 Å². The van der Waals surface area contributed by atoms with Crippen LogP contribution in [0.5, 0.6) is 0 Å². The normalized spacial score (nSPS) is 18.9. The average molecular weight is 353 g/mol. The monoisotopic (exact) mass is 352 g/mol. The largest absolute Gasteiger partial charge is 0.397 e. The fourth-order valence-electron chi connectivity index (χ4n) is 2.91. The summed E-state index contributed by atoms with van der Waals surface area (Å²) in [6.45, 7) is 3.00. The number of amides is 1. The molecule has 1 fully saturated rings. The Balaban J connectivity index is 2.01. The molecular formula is C15H17BrN2OS. The molecule has 1 aromatic heterocycles. The molecule has 1 unspecified atom stereocenters. The van der Waals surface area contributed by atoms with Gasteiger partial charge in [0, 0.05) is 27.1 Å². The van der Waals surface area contributed by atoms with Crippen molar-refractivity contribution in [3.8, 4) is 0 Å². The fourth-order valence-corrected chi connectivity index (χ4v) is 4.33. The van der Waals surface area contributed by atoms with Gasteiger partial charge in [0.2, 0.25) is 0 Å². The Morgan fingerprint density at radius 2 is 2.35 bits per heavy atom. The highest BCUT2D eigenvalue weighted by Gasteiger charge is 2.30. The van der Waals surface area contributed by atoms with Crippen LogP contribution in [0.2, 0.25) is 0 Å². The first-order valence-electron chi connectivity index (χ1n) is 6.90. The number of anilines is 1. The van der Waals surface area contributed by atoms with E-state index in [1.54, 1.807) is 0 Å². The molecule has 2 heterocycles. The van der Waals surface area contributed by atoms with E-state index in [9.17, 15) is 4.79 Å². The summed E-state index contributed by atoms with van der Waals surface area (Å²) in [5.41, 5.74) is 6.83. The Morgan fingerprint density at radius 1 is 1.55 bits per heavy atom. The van der Waals surface area contributed by atoms with Crippen LogP contribution in [0, 0.1) is 0 Å². The lowest BCUT2D eigenvalue weighted by Crippen LogP contribution is -2.34. The molecule has 20 heavy (non-hydrogen) atoms. The van der Waals surface area contributed by atoms with Crippen molar-refractivity contribution < 1.29 is 4.79 Å². The van der Waals surface area contributed by atoms with E-state index in [4.69, 9.17) is 5.73 Å². The van der Waals surface area contributed by atoms with Crippen LogP contribution in [0.4, 0.5) is 5.69 Å². The molecule has 2 N–H and O–H groups in total. The van der Waals surface area contributed by atoms with Gasteiger partial charge in [-0.25, -0.2) is 0 Å². The number of benzene rings is 1. The first-order valence-corrected chi connectivity index (χ1v) is 8.51. The molecule has 1 saturated heterocycles. The number of hydrogen-bond donors (Lipinski definition) is 1. The lowest BCUT2D eigenvalue weighted by molar-refractivity contribution is 0.0739. The SMILES string of the molecule is CCC1CCCN1C(=O)c1sc2ccc(Br)cc2c1N. The molecule has 0 bridgehead atoms. The summed E-state index contributed by atoms with van der Waals surface area (Å²) in [6.07, 6.45) is 3.22. The van der Waals surface area contributed by atoms with Gasteiger partial charge in [-0.3, -0.25) is 4.79 Å². The molecule has 1 atom stereocenters. The highest BCUT2D eigenvalue weighted by molar-refractivity contribution is 9.10. The van der Waals surface area contributed by atoms with Crippen molar-refractivity contribution >= 4 is 48.9 Å². The Labute approximate surface area is 130 Å². The lowest BCUT2D eigenvalue weighted by Gasteiger charge is -2.23. The summed E-state index contributed by atoms with van der Waals surface area (Å²) >= 11 is 4.96. The second kappa shape index (κ2) is 5.37. The van der Waals surface area contributed by atoms with Gasteiger partial charge < -0.3 is 10.6 Å². The highest BCUT2D eigenvalue weighted by Crippen LogP contribution is 2.37. The van der Waals surface area contributed by atoms with Crippen molar-refractivity contribution in [2.45, 2.75) is 32.2 Å². The van der Waals surface area contributed by atoms with Crippen LogP contribution < -0.4 is 5.73 Å². The molecule has 3 nitrogen and oxygen atoms in total. The first-order chi connectivity index (χ1) is 9.61. The summed E-state index contributed by atoms with van der Waals surface area (Å²) < 4.78 is 2.06. The van der Waals surface area contributed by atoms with Crippen LogP contribution >= 0.6 is 27.3 Å². The van der Waals surface area contributed by atoms with Crippen molar-refractivity contribution in [1.29, 1.82) is 0 Å². The number of likely N-dealkylation sites (tertiary alicyclic amines) is 1. The topological polar surface area (TPSA) is 46.3 Å². The van der Waals surface area contributed by atoms with E-state index in [0.29, 0.717) is 16.6 Å². The Bertz CT molecular complexity index is 667. The van der Waals surface area contributed by atoms with Crippen molar-refractivity contribution in [2.24, 2.45) is 0 Å². The van der Waals surface area contributed by atoms with Gasteiger partial charge in [-0.15, -0.1) is 11.3 Å². The van der Waals surface area contributed by atoms with Crippen molar-refractivity contribution in [3.63, 3.8) is 0 Å². The van der Waals surface area contributed by atoms with Crippen LogP contribution in [0.15, 0.2) is 22.7 Å². The first kappa shape index (κ1) is 13.9. The van der Waals surface area contributed by atoms with E-state index in [1.807, 2.05) is 23.1 Å². The predicted octanol–water partition coefficient (Wildman–Crippen LogP) is 4.26. The number of rotatable bonds is 2. The smallest absolute Gasteiger partial charge is 0.266 e. The van der Waals surface area contributed by atoms with Crippen molar-refractivity contribution in [1.82, 2.24) is 4.90 Å². The Kier molecular flexibility index (Phi) is 3.73. The van der Waals surface area contributed by atoms with E-state index in [-0.39, 0.29) is 5.91 Å². The number of carbonyl (C=O) groups excluding carboxylic acids is 1. The predicted molar refractivity (Wildman–Crippen MR) is 88.3 cm³/mol. The minimum atomic E-state index is 0.101. The molecule has 0 radical (unpaired) electrons. The van der Waals surface area contributed by atoms with Gasteiger partial charge in [-0.05, 0) is 37.5 Å². The van der Waals surface area contributed by atoms with Gasteiger partial charge in [-0.1, -0.05) is 22.9 Å².